The maximum absolute atomic E-state index is 12.0. The minimum Gasteiger partial charge on any atom is -0.480 e. The lowest BCUT2D eigenvalue weighted by atomic mass is 9.74. The molecule has 1 amide bonds. The number of hydrogen-bond donors (Lipinski definition) is 1. The third kappa shape index (κ3) is 2.79. The van der Waals surface area contributed by atoms with Gasteiger partial charge in [-0.2, -0.15) is 0 Å². The molecule has 4 nitrogen and oxygen atoms in total. The molecule has 0 heterocycles. The van der Waals surface area contributed by atoms with E-state index >= 15 is 0 Å². The fourth-order valence-corrected chi connectivity index (χ4v) is 2.28. The van der Waals surface area contributed by atoms with Crippen molar-refractivity contribution < 1.29 is 14.7 Å². The van der Waals surface area contributed by atoms with Gasteiger partial charge in [0.05, 0.1) is 0 Å². The van der Waals surface area contributed by atoms with Gasteiger partial charge < -0.3 is 10.0 Å². The minimum absolute atomic E-state index is 0.0957. The lowest BCUT2D eigenvalue weighted by molar-refractivity contribution is -0.154. The molecule has 0 aromatic carbocycles. The van der Waals surface area contributed by atoms with Crippen LogP contribution in [0.5, 0.6) is 0 Å². The van der Waals surface area contributed by atoms with Crippen molar-refractivity contribution >= 4 is 11.9 Å². The number of likely N-dealkylation sites (N-methyl/N-ethyl adjacent to an activating group) is 1. The van der Waals surface area contributed by atoms with Crippen LogP contribution >= 0.6 is 0 Å². The van der Waals surface area contributed by atoms with E-state index in [2.05, 4.69) is 5.92 Å². The predicted octanol–water partition coefficient (Wildman–Crippen LogP) is 1.21. The van der Waals surface area contributed by atoms with Crippen molar-refractivity contribution in [2.45, 2.75) is 32.7 Å². The number of amides is 1. The molecule has 0 aromatic heterocycles. The van der Waals surface area contributed by atoms with Gasteiger partial charge in [-0.3, -0.25) is 4.79 Å². The molecule has 1 N–H and O–H groups in total. The van der Waals surface area contributed by atoms with Gasteiger partial charge in [0, 0.05) is 18.9 Å². The van der Waals surface area contributed by atoms with Crippen molar-refractivity contribution in [3.8, 4) is 12.3 Å². The van der Waals surface area contributed by atoms with Gasteiger partial charge in [0.15, 0.2) is 0 Å². The summed E-state index contributed by atoms with van der Waals surface area (Å²) >= 11 is 0. The van der Waals surface area contributed by atoms with Gasteiger partial charge in [-0.15, -0.1) is 12.3 Å². The van der Waals surface area contributed by atoms with E-state index in [1.54, 1.807) is 20.9 Å². The first-order valence-electron chi connectivity index (χ1n) is 5.84. The highest BCUT2D eigenvalue weighted by Crippen LogP contribution is 2.34. The Balaban J connectivity index is 2.63. The number of carboxylic acids is 1. The number of carbonyl (C=O) groups excluding carboxylic acids is 1. The summed E-state index contributed by atoms with van der Waals surface area (Å²) in [5, 5.41) is 9.11. The van der Waals surface area contributed by atoms with Crippen LogP contribution in [0.4, 0.5) is 0 Å². The van der Waals surface area contributed by atoms with Gasteiger partial charge in [-0.05, 0) is 18.8 Å². The number of nitrogens with zero attached hydrogens (tertiary/aromatic N) is 1. The maximum Gasteiger partial charge on any atom is 0.326 e. The molecule has 1 saturated carbocycles. The number of carbonyl (C=O) groups is 2. The number of carboxylic acid groups (broad SMARTS) is 1. The van der Waals surface area contributed by atoms with E-state index in [1.807, 2.05) is 0 Å². The lowest BCUT2D eigenvalue weighted by Crippen LogP contribution is -2.49. The molecule has 1 aliphatic rings. The molecule has 1 rings (SSSR count). The van der Waals surface area contributed by atoms with E-state index in [4.69, 9.17) is 11.5 Å². The average Bonchev–Trinajstić information content (AvgIpc) is 2.14. The van der Waals surface area contributed by atoms with E-state index in [1.165, 1.54) is 4.90 Å². The molecule has 1 aliphatic carbocycles. The molecule has 0 unspecified atom stereocenters. The Morgan fingerprint density at radius 1 is 1.41 bits per heavy atom. The van der Waals surface area contributed by atoms with Crippen LogP contribution in [0.1, 0.15) is 26.7 Å². The molecule has 0 bridgehead atoms. The summed E-state index contributed by atoms with van der Waals surface area (Å²) in [6.07, 6.45) is 6.63. The average molecular weight is 237 g/mol. The molecule has 0 aromatic rings. The zero-order valence-electron chi connectivity index (χ0n) is 10.5. The number of terminal acetylenes is 1. The number of aliphatic carboxylic acids is 1. The highest BCUT2D eigenvalue weighted by Gasteiger charge is 2.39. The van der Waals surface area contributed by atoms with Crippen LogP contribution in [0.25, 0.3) is 0 Å². The quantitative estimate of drug-likeness (QED) is 0.748. The van der Waals surface area contributed by atoms with Gasteiger partial charge in [-0.1, -0.05) is 13.8 Å². The minimum atomic E-state index is -0.955. The molecular formula is C13H19NO3. The highest BCUT2D eigenvalue weighted by molar-refractivity contribution is 5.85. The Morgan fingerprint density at radius 2 is 1.94 bits per heavy atom. The summed E-state index contributed by atoms with van der Waals surface area (Å²) in [7, 11) is 1.56. The van der Waals surface area contributed by atoms with Crippen molar-refractivity contribution in [3.63, 3.8) is 0 Å². The Morgan fingerprint density at radius 3 is 2.29 bits per heavy atom. The van der Waals surface area contributed by atoms with E-state index in [0.29, 0.717) is 12.8 Å². The zero-order chi connectivity index (χ0) is 13.2. The molecule has 0 spiro atoms. The van der Waals surface area contributed by atoms with Crippen LogP contribution in [0.3, 0.4) is 0 Å². The topological polar surface area (TPSA) is 57.6 Å². The molecule has 94 valence electrons. The molecule has 4 heteroatoms. The van der Waals surface area contributed by atoms with Gasteiger partial charge in [-0.25, -0.2) is 4.79 Å². The molecule has 17 heavy (non-hydrogen) atoms. The van der Waals surface area contributed by atoms with Gasteiger partial charge in [0.2, 0.25) is 5.91 Å². The second kappa shape index (κ2) is 5.22. The van der Waals surface area contributed by atoms with Crippen LogP contribution in [0, 0.1) is 30.1 Å². The van der Waals surface area contributed by atoms with Crippen molar-refractivity contribution in [1.82, 2.24) is 4.90 Å². The Bertz CT molecular complexity index is 350. The fourth-order valence-electron chi connectivity index (χ4n) is 2.28. The summed E-state index contributed by atoms with van der Waals surface area (Å²) in [6.45, 7) is 3.60. The third-order valence-electron chi connectivity index (χ3n) is 3.37. The van der Waals surface area contributed by atoms with Gasteiger partial charge in [0.25, 0.3) is 0 Å². The van der Waals surface area contributed by atoms with Gasteiger partial charge in [0.1, 0.15) is 6.04 Å². The standard InChI is InChI=1S/C13H19NO3/c1-5-9-6-10(7-9)12(15)14(4)11(8(2)3)13(16)17/h1,8-11H,6-7H2,2-4H3,(H,16,17)/t9?,10?,11-/m0/s1. The molecule has 1 fully saturated rings. The van der Waals surface area contributed by atoms with Crippen molar-refractivity contribution in [3.05, 3.63) is 0 Å². The second-order valence-electron chi connectivity index (χ2n) is 5.01. The number of rotatable bonds is 4. The SMILES string of the molecule is C#CC1CC(C(=O)N(C)[C@H](C(=O)O)C(C)C)C1. The van der Waals surface area contributed by atoms with Crippen LogP contribution in [-0.4, -0.2) is 35.0 Å². The van der Waals surface area contributed by atoms with E-state index in [0.717, 1.165) is 0 Å². The summed E-state index contributed by atoms with van der Waals surface area (Å²) < 4.78 is 0. The van der Waals surface area contributed by atoms with Crippen molar-refractivity contribution in [2.24, 2.45) is 17.8 Å². The third-order valence-corrected chi connectivity index (χ3v) is 3.37. The Labute approximate surface area is 102 Å². The van der Waals surface area contributed by atoms with Gasteiger partial charge >= 0.3 is 5.97 Å². The Hall–Kier alpha value is -1.50. The van der Waals surface area contributed by atoms with Crippen LogP contribution in [-0.2, 0) is 9.59 Å². The highest BCUT2D eigenvalue weighted by atomic mass is 16.4. The van der Waals surface area contributed by atoms with Crippen LogP contribution in [0.2, 0.25) is 0 Å². The monoisotopic (exact) mass is 237 g/mol. The van der Waals surface area contributed by atoms with Crippen molar-refractivity contribution in [2.75, 3.05) is 7.05 Å². The largest absolute Gasteiger partial charge is 0.480 e. The summed E-state index contributed by atoms with van der Waals surface area (Å²) in [4.78, 5) is 24.5. The number of hydrogen-bond acceptors (Lipinski definition) is 2. The predicted molar refractivity (Wildman–Crippen MR) is 64.1 cm³/mol. The molecule has 0 saturated heterocycles. The maximum atomic E-state index is 12.0. The second-order valence-corrected chi connectivity index (χ2v) is 5.01. The smallest absolute Gasteiger partial charge is 0.326 e. The normalized spacial score (nSPS) is 24.6. The fraction of sp³-hybridized carbons (Fsp3) is 0.692. The van der Waals surface area contributed by atoms with E-state index in [-0.39, 0.29) is 23.7 Å². The summed E-state index contributed by atoms with van der Waals surface area (Å²) in [5.41, 5.74) is 0. The molecule has 0 aliphatic heterocycles. The zero-order valence-corrected chi connectivity index (χ0v) is 10.5. The molecular weight excluding hydrogens is 218 g/mol. The van der Waals surface area contributed by atoms with Crippen LogP contribution < -0.4 is 0 Å². The first-order valence-corrected chi connectivity index (χ1v) is 5.84. The summed E-state index contributed by atoms with van der Waals surface area (Å²) in [6, 6.07) is -0.757. The van der Waals surface area contributed by atoms with Crippen molar-refractivity contribution in [1.29, 1.82) is 0 Å². The lowest BCUT2D eigenvalue weighted by Gasteiger charge is -2.36. The van der Waals surface area contributed by atoms with E-state index in [9.17, 15) is 9.59 Å². The first kappa shape index (κ1) is 13.6. The molecule has 1 atom stereocenters. The van der Waals surface area contributed by atoms with E-state index < -0.39 is 12.0 Å². The summed E-state index contributed by atoms with van der Waals surface area (Å²) in [5.74, 6) is 1.54. The first-order chi connectivity index (χ1) is 7.88. The molecule has 0 radical (unpaired) electrons. The Kier molecular flexibility index (Phi) is 4.17. The van der Waals surface area contributed by atoms with Crippen LogP contribution in [0.15, 0.2) is 0 Å².